The quantitative estimate of drug-likeness (QED) is 0.723. The Bertz CT molecular complexity index is 294. The van der Waals surface area contributed by atoms with Crippen molar-refractivity contribution in [3.05, 3.63) is 16.1 Å². The van der Waals surface area contributed by atoms with Gasteiger partial charge in [-0.1, -0.05) is 13.8 Å². The van der Waals surface area contributed by atoms with E-state index in [1.54, 1.807) is 13.1 Å². The van der Waals surface area contributed by atoms with Crippen molar-refractivity contribution in [2.45, 2.75) is 31.8 Å². The van der Waals surface area contributed by atoms with Gasteiger partial charge >= 0.3 is 0 Å². The predicted molar refractivity (Wildman–Crippen MR) is 58.5 cm³/mol. The number of carbonyl (C=O) groups is 1. The van der Waals surface area contributed by atoms with E-state index in [9.17, 15) is 4.79 Å². The molecule has 0 bridgehead atoms. The van der Waals surface area contributed by atoms with Gasteiger partial charge in [0.1, 0.15) is 5.01 Å². The Morgan fingerprint density at radius 2 is 2.38 bits per heavy atom. The van der Waals surface area contributed by atoms with Crippen molar-refractivity contribution in [2.75, 3.05) is 0 Å². The molecule has 1 rings (SSSR count). The fourth-order valence-corrected chi connectivity index (χ4v) is 2.38. The molecule has 0 aliphatic heterocycles. The average molecular weight is 215 g/mol. The van der Waals surface area contributed by atoms with E-state index in [1.165, 1.54) is 11.3 Å². The van der Waals surface area contributed by atoms with E-state index < -0.39 is 0 Å². The third kappa shape index (κ3) is 3.48. The van der Waals surface area contributed by atoms with Crippen LogP contribution in [0.3, 0.4) is 0 Å². The van der Waals surface area contributed by atoms with E-state index in [0.717, 1.165) is 15.6 Å². The van der Waals surface area contributed by atoms with Gasteiger partial charge in [-0.2, -0.15) is 11.8 Å². The Morgan fingerprint density at radius 3 is 2.85 bits per heavy atom. The minimum absolute atomic E-state index is 0.110. The molecule has 0 amide bonds. The molecule has 72 valence electrons. The molecule has 0 saturated carbocycles. The molecular weight excluding hydrogens is 202 g/mol. The van der Waals surface area contributed by atoms with Crippen molar-refractivity contribution < 1.29 is 4.79 Å². The summed E-state index contributed by atoms with van der Waals surface area (Å²) in [6.45, 7) is 5.89. The number of thioether (sulfide) groups is 1. The summed E-state index contributed by atoms with van der Waals surface area (Å²) >= 11 is 3.35. The lowest BCUT2D eigenvalue weighted by Crippen LogP contribution is -1.87. The van der Waals surface area contributed by atoms with Crippen LogP contribution in [0.15, 0.2) is 6.20 Å². The molecule has 4 heteroatoms. The van der Waals surface area contributed by atoms with E-state index in [2.05, 4.69) is 18.8 Å². The smallest absolute Gasteiger partial charge is 0.171 e. The summed E-state index contributed by atoms with van der Waals surface area (Å²) in [6.07, 6.45) is 1.67. The molecule has 1 aromatic heterocycles. The van der Waals surface area contributed by atoms with Crippen LogP contribution in [0, 0.1) is 0 Å². The normalized spacial score (nSPS) is 10.8. The first-order valence-electron chi connectivity index (χ1n) is 4.17. The van der Waals surface area contributed by atoms with Crippen LogP contribution in [-0.2, 0) is 5.75 Å². The maximum atomic E-state index is 11.0. The van der Waals surface area contributed by atoms with Crippen molar-refractivity contribution in [2.24, 2.45) is 0 Å². The van der Waals surface area contributed by atoms with Gasteiger partial charge in [-0.3, -0.25) is 4.79 Å². The average Bonchev–Trinajstić information content (AvgIpc) is 2.48. The number of aromatic nitrogens is 1. The predicted octanol–water partition coefficient (Wildman–Crippen LogP) is 2.99. The molecule has 1 heterocycles. The van der Waals surface area contributed by atoms with Gasteiger partial charge in [0, 0.05) is 18.9 Å². The van der Waals surface area contributed by atoms with E-state index in [0.29, 0.717) is 5.25 Å². The van der Waals surface area contributed by atoms with Crippen LogP contribution in [-0.4, -0.2) is 16.0 Å². The Labute approximate surface area is 86.8 Å². The number of rotatable bonds is 4. The summed E-state index contributed by atoms with van der Waals surface area (Å²) < 4.78 is 0. The zero-order chi connectivity index (χ0) is 9.84. The van der Waals surface area contributed by atoms with Gasteiger partial charge in [-0.05, 0) is 5.25 Å². The zero-order valence-electron chi connectivity index (χ0n) is 8.03. The summed E-state index contributed by atoms with van der Waals surface area (Å²) in [6, 6.07) is 0. The molecule has 0 fully saturated rings. The van der Waals surface area contributed by atoms with Crippen LogP contribution >= 0.6 is 23.1 Å². The van der Waals surface area contributed by atoms with Crippen LogP contribution in [0.25, 0.3) is 0 Å². The van der Waals surface area contributed by atoms with E-state index in [1.807, 2.05) is 11.8 Å². The van der Waals surface area contributed by atoms with Crippen molar-refractivity contribution >= 4 is 28.9 Å². The lowest BCUT2D eigenvalue weighted by atomic mass is 10.4. The molecule has 0 saturated heterocycles. The van der Waals surface area contributed by atoms with Gasteiger partial charge in [-0.15, -0.1) is 11.3 Å². The van der Waals surface area contributed by atoms with Gasteiger partial charge in [-0.25, -0.2) is 4.98 Å². The molecule has 0 atom stereocenters. The lowest BCUT2D eigenvalue weighted by molar-refractivity contribution is 0.102. The Balaban J connectivity index is 2.54. The summed E-state index contributed by atoms with van der Waals surface area (Å²) in [4.78, 5) is 15.9. The zero-order valence-corrected chi connectivity index (χ0v) is 9.67. The molecule has 0 unspecified atom stereocenters. The Hall–Kier alpha value is -0.350. The second-order valence-corrected chi connectivity index (χ2v) is 5.71. The molecule has 2 nitrogen and oxygen atoms in total. The lowest BCUT2D eigenvalue weighted by Gasteiger charge is -2.00. The van der Waals surface area contributed by atoms with Crippen LogP contribution in [0.1, 0.15) is 35.5 Å². The van der Waals surface area contributed by atoms with Crippen LogP contribution < -0.4 is 0 Å². The first kappa shape index (κ1) is 10.7. The molecule has 0 aliphatic rings. The highest BCUT2D eigenvalue weighted by Gasteiger charge is 2.06. The summed E-state index contributed by atoms with van der Waals surface area (Å²) in [5.41, 5.74) is 0. The summed E-state index contributed by atoms with van der Waals surface area (Å²) in [5.74, 6) is 1.02. The third-order valence-corrected chi connectivity index (χ3v) is 3.83. The molecular formula is C9H13NOS2. The van der Waals surface area contributed by atoms with Gasteiger partial charge in [0.25, 0.3) is 0 Å². The molecule has 0 aliphatic carbocycles. The number of hydrogen-bond acceptors (Lipinski definition) is 4. The minimum Gasteiger partial charge on any atom is -0.294 e. The Kier molecular flexibility index (Phi) is 3.93. The summed E-state index contributed by atoms with van der Waals surface area (Å²) in [7, 11) is 0. The molecule has 13 heavy (non-hydrogen) atoms. The highest BCUT2D eigenvalue weighted by molar-refractivity contribution is 7.99. The Morgan fingerprint density at radius 1 is 1.69 bits per heavy atom. The monoisotopic (exact) mass is 215 g/mol. The van der Waals surface area contributed by atoms with Crippen LogP contribution in [0.2, 0.25) is 0 Å². The highest BCUT2D eigenvalue weighted by atomic mass is 32.2. The SMILES string of the molecule is CC(=O)c1cnc(CSC(C)C)s1. The van der Waals surface area contributed by atoms with Gasteiger partial charge in [0.2, 0.25) is 0 Å². The number of Topliss-reactive ketones (excluding diaryl/α,β-unsaturated/α-hetero) is 1. The standard InChI is InChI=1S/C9H13NOS2/c1-6(2)12-5-9-10-4-8(13-9)7(3)11/h4,6H,5H2,1-3H3. The number of thiazole rings is 1. The number of ketones is 1. The first-order chi connectivity index (χ1) is 6.09. The molecule has 0 spiro atoms. The van der Waals surface area contributed by atoms with Crippen molar-refractivity contribution in [1.82, 2.24) is 4.98 Å². The van der Waals surface area contributed by atoms with E-state index in [4.69, 9.17) is 0 Å². The van der Waals surface area contributed by atoms with Gasteiger partial charge < -0.3 is 0 Å². The van der Waals surface area contributed by atoms with E-state index >= 15 is 0 Å². The topological polar surface area (TPSA) is 30.0 Å². The third-order valence-electron chi connectivity index (χ3n) is 1.44. The minimum atomic E-state index is 0.110. The largest absolute Gasteiger partial charge is 0.294 e. The van der Waals surface area contributed by atoms with Crippen molar-refractivity contribution in [1.29, 1.82) is 0 Å². The molecule has 1 aromatic rings. The maximum absolute atomic E-state index is 11.0. The van der Waals surface area contributed by atoms with Crippen LogP contribution in [0.5, 0.6) is 0 Å². The number of carbonyl (C=O) groups excluding carboxylic acids is 1. The van der Waals surface area contributed by atoms with E-state index in [-0.39, 0.29) is 5.78 Å². The highest BCUT2D eigenvalue weighted by Crippen LogP contribution is 2.21. The second-order valence-electron chi connectivity index (χ2n) is 3.03. The molecule has 0 N–H and O–H groups in total. The fraction of sp³-hybridized carbons (Fsp3) is 0.556. The van der Waals surface area contributed by atoms with Gasteiger partial charge in [0.15, 0.2) is 5.78 Å². The molecule has 0 radical (unpaired) electrons. The summed E-state index contributed by atoms with van der Waals surface area (Å²) in [5, 5.41) is 1.66. The number of hydrogen-bond donors (Lipinski definition) is 0. The second kappa shape index (κ2) is 4.77. The van der Waals surface area contributed by atoms with Crippen molar-refractivity contribution in [3.63, 3.8) is 0 Å². The van der Waals surface area contributed by atoms with Crippen LogP contribution in [0.4, 0.5) is 0 Å². The van der Waals surface area contributed by atoms with Gasteiger partial charge in [0.05, 0.1) is 4.88 Å². The maximum Gasteiger partial charge on any atom is 0.171 e. The van der Waals surface area contributed by atoms with Crippen molar-refractivity contribution in [3.8, 4) is 0 Å². The fourth-order valence-electron chi connectivity index (χ4n) is 0.778. The number of nitrogens with zero attached hydrogens (tertiary/aromatic N) is 1. The molecule has 0 aromatic carbocycles. The first-order valence-corrected chi connectivity index (χ1v) is 6.03.